The molecule has 40 heavy (non-hydrogen) atoms. The molecule has 1 fully saturated rings. The Hall–Kier alpha value is -4.26. The zero-order valence-corrected chi connectivity index (χ0v) is 23.1. The number of carbonyl (C=O) groups is 2. The minimum Gasteiger partial charge on any atom is -0.388 e. The van der Waals surface area contributed by atoms with E-state index in [1.54, 1.807) is 6.92 Å². The van der Waals surface area contributed by atoms with Crippen molar-refractivity contribution in [3.05, 3.63) is 106 Å². The van der Waals surface area contributed by atoms with Crippen LogP contribution in [0.25, 0.3) is 11.5 Å². The van der Waals surface area contributed by atoms with Gasteiger partial charge in [-0.3, -0.25) is 4.79 Å². The van der Waals surface area contributed by atoms with Crippen molar-refractivity contribution < 1.29 is 14.0 Å². The number of aryl methyl sites for hydroxylation is 1. The summed E-state index contributed by atoms with van der Waals surface area (Å²) in [6.07, 6.45) is 5.46. The maximum atomic E-state index is 13.8. The quantitative estimate of drug-likeness (QED) is 0.256. The van der Waals surface area contributed by atoms with Crippen LogP contribution in [0, 0.1) is 12.8 Å². The molecule has 0 radical (unpaired) electrons. The van der Waals surface area contributed by atoms with E-state index in [0.29, 0.717) is 18.7 Å². The number of benzene rings is 3. The molecular weight excluding hydrogens is 502 g/mol. The molecule has 1 amide bonds. The van der Waals surface area contributed by atoms with Crippen LogP contribution in [0.5, 0.6) is 0 Å². The third-order valence-electron chi connectivity index (χ3n) is 7.90. The van der Waals surface area contributed by atoms with Crippen LogP contribution in [-0.2, 0) is 22.6 Å². The van der Waals surface area contributed by atoms with E-state index < -0.39 is 5.76 Å². The molecule has 1 aromatic heterocycles. The van der Waals surface area contributed by atoms with Crippen molar-refractivity contribution in [2.24, 2.45) is 5.92 Å². The molecule has 5 rings (SSSR count). The average Bonchev–Trinajstić information content (AvgIpc) is 3.61. The zero-order valence-electron chi connectivity index (χ0n) is 23.1. The number of hydrogen-bond acceptors (Lipinski definition) is 5. The molecule has 1 aliphatic carbocycles. The van der Waals surface area contributed by atoms with E-state index in [1.807, 2.05) is 79.7 Å². The van der Waals surface area contributed by atoms with Crippen LogP contribution in [0.2, 0.25) is 0 Å². The normalized spacial score (nSPS) is 14.2. The van der Waals surface area contributed by atoms with Gasteiger partial charge in [0.25, 0.3) is 0 Å². The van der Waals surface area contributed by atoms with Gasteiger partial charge in [0.15, 0.2) is 0 Å². The molecule has 1 saturated carbocycles. The minimum atomic E-state index is -0.507. The lowest BCUT2D eigenvalue weighted by molar-refractivity contribution is -0.119. The van der Waals surface area contributed by atoms with Crippen molar-refractivity contribution in [1.82, 2.24) is 9.78 Å². The first kappa shape index (κ1) is 27.3. The highest BCUT2D eigenvalue weighted by Gasteiger charge is 2.32. The van der Waals surface area contributed by atoms with Crippen LogP contribution in [0.1, 0.15) is 67.2 Å². The molecule has 1 N–H and O–H groups in total. The second kappa shape index (κ2) is 12.3. The first-order chi connectivity index (χ1) is 19.4. The number of carbonyl (C=O) groups excluding carboxylic acids is 2. The fourth-order valence-electron chi connectivity index (χ4n) is 5.65. The third-order valence-corrected chi connectivity index (χ3v) is 7.90. The molecule has 1 aliphatic rings. The molecule has 0 spiro atoms. The van der Waals surface area contributed by atoms with E-state index in [0.717, 1.165) is 59.2 Å². The Labute approximate surface area is 234 Å². The van der Waals surface area contributed by atoms with Crippen LogP contribution in [0.15, 0.2) is 82.0 Å². The number of aromatic nitrogens is 2. The first-order valence-corrected chi connectivity index (χ1v) is 14.0. The van der Waals surface area contributed by atoms with E-state index in [1.165, 1.54) is 4.68 Å². The lowest BCUT2D eigenvalue weighted by Gasteiger charge is -2.24. The van der Waals surface area contributed by atoms with Crippen molar-refractivity contribution in [2.45, 2.75) is 64.8 Å². The van der Waals surface area contributed by atoms with Crippen molar-refractivity contribution in [3.8, 4) is 11.5 Å². The summed E-state index contributed by atoms with van der Waals surface area (Å²) >= 11 is 0. The zero-order chi connectivity index (χ0) is 28.1. The molecule has 206 valence electrons. The number of ketones is 1. The Bertz CT molecular complexity index is 1530. The molecule has 0 aliphatic heterocycles. The summed E-state index contributed by atoms with van der Waals surface area (Å²) in [5, 5.41) is 7.57. The second-order valence-corrected chi connectivity index (χ2v) is 10.7. The lowest BCUT2D eigenvalue weighted by atomic mass is 9.83. The van der Waals surface area contributed by atoms with Gasteiger partial charge in [0.1, 0.15) is 5.78 Å². The average molecular weight is 538 g/mol. The van der Waals surface area contributed by atoms with Gasteiger partial charge in [-0.25, -0.2) is 4.79 Å². The Morgan fingerprint density at radius 2 is 1.73 bits per heavy atom. The summed E-state index contributed by atoms with van der Waals surface area (Å²) in [7, 11) is 0. The van der Waals surface area contributed by atoms with Crippen molar-refractivity contribution >= 4 is 17.4 Å². The lowest BCUT2D eigenvalue weighted by Crippen LogP contribution is -2.27. The van der Waals surface area contributed by atoms with Gasteiger partial charge in [0, 0.05) is 17.7 Å². The summed E-state index contributed by atoms with van der Waals surface area (Å²) < 4.78 is 6.68. The van der Waals surface area contributed by atoms with Crippen LogP contribution in [-0.4, -0.2) is 21.5 Å². The smallest absolute Gasteiger partial charge is 0.388 e. The predicted octanol–water partition coefficient (Wildman–Crippen LogP) is 6.29. The number of rotatable bonds is 10. The van der Waals surface area contributed by atoms with Gasteiger partial charge in [0.2, 0.25) is 11.8 Å². The van der Waals surface area contributed by atoms with Gasteiger partial charge in [-0.1, -0.05) is 67.4 Å². The van der Waals surface area contributed by atoms with E-state index in [2.05, 4.69) is 10.4 Å². The molecule has 7 nitrogen and oxygen atoms in total. The van der Waals surface area contributed by atoms with Crippen LogP contribution < -0.4 is 11.1 Å². The number of hydrogen-bond donors (Lipinski definition) is 1. The highest BCUT2D eigenvalue weighted by Crippen LogP contribution is 2.38. The van der Waals surface area contributed by atoms with Gasteiger partial charge in [-0.05, 0) is 79.5 Å². The Morgan fingerprint density at radius 3 is 2.42 bits per heavy atom. The van der Waals surface area contributed by atoms with Gasteiger partial charge in [-0.2, -0.15) is 4.68 Å². The monoisotopic (exact) mass is 537 g/mol. The summed E-state index contributed by atoms with van der Waals surface area (Å²) in [6, 6.07) is 23.1. The Morgan fingerprint density at radius 1 is 1.00 bits per heavy atom. The second-order valence-electron chi connectivity index (χ2n) is 10.7. The SMILES string of the molecule is CC(=O)CCc1cccc(NC(=O)C(c2ccc(Cn3nc(-c4ccccc4)oc3=O)cc2)C2CCCC2)c1C. The molecular formula is C33H35N3O4. The maximum Gasteiger partial charge on any atom is 0.437 e. The van der Waals surface area contributed by atoms with Gasteiger partial charge in [0.05, 0.1) is 12.5 Å². The number of nitrogens with one attached hydrogen (secondary N) is 1. The standard InChI is InChI=1S/C33H35N3O4/c1-22(37)15-18-25-13-8-14-29(23(25)2)34-31(38)30(26-9-6-7-10-26)27-19-16-24(17-20-27)21-36-33(39)40-32(35-36)28-11-4-3-5-12-28/h3-5,8,11-14,16-17,19-20,26,30H,6-7,9-10,15,18,21H2,1-2H3,(H,34,38). The molecule has 3 aromatic carbocycles. The predicted molar refractivity (Wildman–Crippen MR) is 155 cm³/mol. The summed E-state index contributed by atoms with van der Waals surface area (Å²) in [5.41, 5.74) is 5.50. The maximum absolute atomic E-state index is 13.8. The number of amides is 1. The molecule has 1 atom stereocenters. The first-order valence-electron chi connectivity index (χ1n) is 14.0. The molecule has 1 unspecified atom stereocenters. The largest absolute Gasteiger partial charge is 0.437 e. The topological polar surface area (TPSA) is 94.2 Å². The van der Waals surface area contributed by atoms with Crippen molar-refractivity contribution in [2.75, 3.05) is 5.32 Å². The van der Waals surface area contributed by atoms with E-state index in [4.69, 9.17) is 4.42 Å². The van der Waals surface area contributed by atoms with Crippen molar-refractivity contribution in [3.63, 3.8) is 0 Å². The molecule has 7 heteroatoms. The van der Waals surface area contributed by atoms with Gasteiger partial charge >= 0.3 is 5.76 Å². The van der Waals surface area contributed by atoms with Gasteiger partial charge < -0.3 is 14.5 Å². The third kappa shape index (κ3) is 6.30. The van der Waals surface area contributed by atoms with E-state index >= 15 is 0 Å². The minimum absolute atomic E-state index is 0.00769. The number of Topliss-reactive ketones (excluding diaryl/α,β-unsaturated/α-hetero) is 1. The summed E-state index contributed by atoms with van der Waals surface area (Å²) in [6.45, 7) is 3.88. The van der Waals surface area contributed by atoms with Gasteiger partial charge in [-0.15, -0.1) is 5.10 Å². The molecule has 0 bridgehead atoms. The fourth-order valence-corrected chi connectivity index (χ4v) is 5.65. The fraction of sp³-hybridized carbons (Fsp3) is 0.333. The molecule has 1 heterocycles. The molecule has 0 saturated heterocycles. The van der Waals surface area contributed by atoms with Crippen LogP contribution >= 0.6 is 0 Å². The van der Waals surface area contributed by atoms with E-state index in [-0.39, 0.29) is 30.1 Å². The Balaban J connectivity index is 1.34. The number of anilines is 1. The molecule has 4 aromatic rings. The number of nitrogens with zero attached hydrogens (tertiary/aromatic N) is 2. The Kier molecular flexibility index (Phi) is 8.39. The van der Waals surface area contributed by atoms with Crippen LogP contribution in [0.4, 0.5) is 5.69 Å². The summed E-state index contributed by atoms with van der Waals surface area (Å²) in [5.74, 6) is -0.0573. The highest BCUT2D eigenvalue weighted by molar-refractivity contribution is 5.97. The highest BCUT2D eigenvalue weighted by atomic mass is 16.4. The van der Waals surface area contributed by atoms with Crippen LogP contribution in [0.3, 0.4) is 0 Å². The van der Waals surface area contributed by atoms with Crippen molar-refractivity contribution in [1.29, 1.82) is 0 Å². The summed E-state index contributed by atoms with van der Waals surface area (Å²) in [4.78, 5) is 37.7. The van der Waals surface area contributed by atoms with E-state index in [9.17, 15) is 14.4 Å².